The van der Waals surface area contributed by atoms with E-state index in [-0.39, 0.29) is 6.61 Å². The Morgan fingerprint density at radius 2 is 2.31 bits per heavy atom. The molecule has 0 aliphatic carbocycles. The van der Waals surface area contributed by atoms with Crippen molar-refractivity contribution in [2.45, 2.75) is 25.4 Å². The van der Waals surface area contributed by atoms with Gasteiger partial charge in [0.15, 0.2) is 0 Å². The van der Waals surface area contributed by atoms with E-state index in [1.807, 2.05) is 6.07 Å². The molecule has 4 heteroatoms. The molecule has 72 valence electrons. The molecular formula is C9H14N2O2. The van der Waals surface area contributed by atoms with Gasteiger partial charge in [-0.3, -0.25) is 0 Å². The van der Waals surface area contributed by atoms with E-state index in [1.165, 1.54) is 6.33 Å². The van der Waals surface area contributed by atoms with E-state index in [0.717, 1.165) is 18.5 Å². The number of aliphatic hydroxyl groups excluding tert-OH is 2. The molecule has 0 spiro atoms. The van der Waals surface area contributed by atoms with Crippen molar-refractivity contribution in [2.24, 2.45) is 0 Å². The van der Waals surface area contributed by atoms with Crippen LogP contribution in [0.1, 0.15) is 18.5 Å². The molecule has 4 nitrogen and oxygen atoms in total. The molecule has 1 aromatic heterocycles. The molecule has 13 heavy (non-hydrogen) atoms. The first-order valence-electron chi connectivity index (χ1n) is 4.36. The highest BCUT2D eigenvalue weighted by molar-refractivity contribution is 4.97. The predicted octanol–water partition coefficient (Wildman–Crippen LogP) is 0.153. The van der Waals surface area contributed by atoms with Gasteiger partial charge in [0.05, 0.1) is 12.7 Å². The lowest BCUT2D eigenvalue weighted by atomic mass is 10.1. The van der Waals surface area contributed by atoms with Crippen molar-refractivity contribution in [3.05, 3.63) is 24.3 Å². The molecule has 0 aliphatic heterocycles. The van der Waals surface area contributed by atoms with E-state index in [0.29, 0.717) is 6.42 Å². The Labute approximate surface area is 77.3 Å². The highest BCUT2D eigenvalue weighted by Gasteiger charge is 2.01. The lowest BCUT2D eigenvalue weighted by Crippen LogP contribution is -2.11. The molecule has 0 fully saturated rings. The summed E-state index contributed by atoms with van der Waals surface area (Å²) in [5, 5.41) is 17.6. The maximum Gasteiger partial charge on any atom is 0.115 e. The average Bonchev–Trinajstić information content (AvgIpc) is 2.19. The monoisotopic (exact) mass is 182 g/mol. The van der Waals surface area contributed by atoms with Crippen molar-refractivity contribution < 1.29 is 10.2 Å². The quantitative estimate of drug-likeness (QED) is 0.680. The fraction of sp³-hybridized carbons (Fsp3) is 0.556. The van der Waals surface area contributed by atoms with Gasteiger partial charge in [0.2, 0.25) is 0 Å². The van der Waals surface area contributed by atoms with E-state index in [1.54, 1.807) is 6.20 Å². The van der Waals surface area contributed by atoms with Gasteiger partial charge in [0.25, 0.3) is 0 Å². The first-order chi connectivity index (χ1) is 6.33. The summed E-state index contributed by atoms with van der Waals surface area (Å²) < 4.78 is 0. The molecule has 0 bridgehead atoms. The number of aromatic nitrogens is 2. The molecule has 0 saturated heterocycles. The van der Waals surface area contributed by atoms with Crippen LogP contribution in [-0.2, 0) is 6.42 Å². The van der Waals surface area contributed by atoms with Crippen LogP contribution in [0.3, 0.4) is 0 Å². The van der Waals surface area contributed by atoms with Crippen LogP contribution in [-0.4, -0.2) is 32.9 Å². The van der Waals surface area contributed by atoms with Crippen LogP contribution in [0.15, 0.2) is 18.6 Å². The minimum absolute atomic E-state index is 0.163. The lowest BCUT2D eigenvalue weighted by Gasteiger charge is -2.05. The predicted molar refractivity (Wildman–Crippen MR) is 48.1 cm³/mol. The summed E-state index contributed by atoms with van der Waals surface area (Å²) in [6.07, 6.45) is 4.88. The van der Waals surface area contributed by atoms with Crippen LogP contribution in [0.5, 0.6) is 0 Å². The molecule has 0 aromatic carbocycles. The lowest BCUT2D eigenvalue weighted by molar-refractivity contribution is 0.0866. The van der Waals surface area contributed by atoms with Gasteiger partial charge in [-0.1, -0.05) is 0 Å². The number of aryl methyl sites for hydroxylation is 1. The summed E-state index contributed by atoms with van der Waals surface area (Å²) in [6.45, 7) is -0.163. The molecule has 1 unspecified atom stereocenters. The molecular weight excluding hydrogens is 168 g/mol. The largest absolute Gasteiger partial charge is 0.394 e. The van der Waals surface area contributed by atoms with E-state index in [4.69, 9.17) is 10.2 Å². The molecule has 0 aliphatic rings. The summed E-state index contributed by atoms with van der Waals surface area (Å²) in [4.78, 5) is 7.85. The fourth-order valence-corrected chi connectivity index (χ4v) is 1.08. The Hall–Kier alpha value is -1.00. The Morgan fingerprint density at radius 1 is 1.46 bits per heavy atom. The summed E-state index contributed by atoms with van der Waals surface area (Å²) in [5.41, 5.74) is 0.972. The van der Waals surface area contributed by atoms with E-state index in [2.05, 4.69) is 9.97 Å². The number of hydrogen-bond donors (Lipinski definition) is 2. The normalized spacial score (nSPS) is 12.8. The zero-order chi connectivity index (χ0) is 9.52. The van der Waals surface area contributed by atoms with Crippen molar-refractivity contribution >= 4 is 0 Å². The van der Waals surface area contributed by atoms with Crippen LogP contribution in [0.2, 0.25) is 0 Å². The van der Waals surface area contributed by atoms with Gasteiger partial charge >= 0.3 is 0 Å². The number of aliphatic hydroxyl groups is 2. The van der Waals surface area contributed by atoms with Gasteiger partial charge in [-0.25, -0.2) is 9.97 Å². The minimum atomic E-state index is -0.596. The van der Waals surface area contributed by atoms with Crippen molar-refractivity contribution in [3.63, 3.8) is 0 Å². The van der Waals surface area contributed by atoms with Gasteiger partial charge in [0, 0.05) is 11.9 Å². The second-order valence-electron chi connectivity index (χ2n) is 2.93. The first kappa shape index (κ1) is 10.1. The third-order valence-electron chi connectivity index (χ3n) is 1.82. The smallest absolute Gasteiger partial charge is 0.115 e. The summed E-state index contributed by atoms with van der Waals surface area (Å²) in [7, 11) is 0. The molecule has 1 rings (SSSR count). The Bertz CT molecular complexity index is 228. The van der Waals surface area contributed by atoms with Gasteiger partial charge in [-0.05, 0) is 25.3 Å². The Balaban J connectivity index is 2.20. The van der Waals surface area contributed by atoms with Crippen molar-refractivity contribution in [1.29, 1.82) is 0 Å². The Morgan fingerprint density at radius 3 is 2.92 bits per heavy atom. The second-order valence-corrected chi connectivity index (χ2v) is 2.93. The minimum Gasteiger partial charge on any atom is -0.394 e. The summed E-state index contributed by atoms with van der Waals surface area (Å²) >= 11 is 0. The molecule has 0 saturated carbocycles. The van der Waals surface area contributed by atoms with Crippen LogP contribution in [0.4, 0.5) is 0 Å². The van der Waals surface area contributed by atoms with Crippen LogP contribution in [0.25, 0.3) is 0 Å². The SMILES string of the molecule is OCC(O)CCCc1ccncn1. The van der Waals surface area contributed by atoms with Gasteiger partial charge < -0.3 is 10.2 Å². The second kappa shape index (κ2) is 5.61. The topological polar surface area (TPSA) is 66.2 Å². The fourth-order valence-electron chi connectivity index (χ4n) is 1.08. The zero-order valence-electron chi connectivity index (χ0n) is 7.43. The molecule has 0 radical (unpaired) electrons. The van der Waals surface area contributed by atoms with Crippen LogP contribution < -0.4 is 0 Å². The highest BCUT2D eigenvalue weighted by atomic mass is 16.3. The van der Waals surface area contributed by atoms with Crippen molar-refractivity contribution in [3.8, 4) is 0 Å². The molecule has 1 aromatic rings. The number of rotatable bonds is 5. The number of hydrogen-bond acceptors (Lipinski definition) is 4. The third kappa shape index (κ3) is 3.96. The standard InChI is InChI=1S/C9H14N2O2/c12-6-9(13)3-1-2-8-4-5-10-7-11-8/h4-5,7,9,12-13H,1-3,6H2. The first-order valence-corrected chi connectivity index (χ1v) is 4.36. The molecule has 1 atom stereocenters. The average molecular weight is 182 g/mol. The van der Waals surface area contributed by atoms with Crippen molar-refractivity contribution in [2.75, 3.05) is 6.61 Å². The Kier molecular flexibility index (Phi) is 4.35. The summed E-state index contributed by atoms with van der Waals surface area (Å²) in [5.74, 6) is 0. The third-order valence-corrected chi connectivity index (χ3v) is 1.82. The van der Waals surface area contributed by atoms with E-state index >= 15 is 0 Å². The summed E-state index contributed by atoms with van der Waals surface area (Å²) in [6, 6.07) is 1.85. The van der Waals surface area contributed by atoms with Gasteiger partial charge in [0.1, 0.15) is 6.33 Å². The molecule has 1 heterocycles. The van der Waals surface area contributed by atoms with Crippen LogP contribution >= 0.6 is 0 Å². The van der Waals surface area contributed by atoms with Gasteiger partial charge in [-0.15, -0.1) is 0 Å². The van der Waals surface area contributed by atoms with E-state index < -0.39 is 6.10 Å². The van der Waals surface area contributed by atoms with E-state index in [9.17, 15) is 0 Å². The molecule has 2 N–H and O–H groups in total. The zero-order valence-corrected chi connectivity index (χ0v) is 7.43. The van der Waals surface area contributed by atoms with Crippen LogP contribution in [0, 0.1) is 0 Å². The maximum atomic E-state index is 9.05. The maximum absolute atomic E-state index is 9.05. The highest BCUT2D eigenvalue weighted by Crippen LogP contribution is 2.02. The molecule has 0 amide bonds. The van der Waals surface area contributed by atoms with Crippen molar-refractivity contribution in [1.82, 2.24) is 9.97 Å². The van der Waals surface area contributed by atoms with Gasteiger partial charge in [-0.2, -0.15) is 0 Å². The number of nitrogens with zero attached hydrogens (tertiary/aromatic N) is 2.